The number of benzene rings is 1. The molecule has 0 aliphatic heterocycles. The topological polar surface area (TPSA) is 148 Å². The number of alkyl carbamates (subject to hydrolysis) is 1. The Morgan fingerprint density at radius 1 is 1.05 bits per heavy atom. The first-order chi connectivity index (χ1) is 19.4. The van der Waals surface area contributed by atoms with Gasteiger partial charge in [-0.15, -0.1) is 10.2 Å². The highest BCUT2D eigenvalue weighted by molar-refractivity contribution is 6.13. The van der Waals surface area contributed by atoms with Crippen molar-refractivity contribution in [1.29, 1.82) is 0 Å². The number of H-pyrrole nitrogens is 1. The molecule has 0 spiro atoms. The van der Waals surface area contributed by atoms with Gasteiger partial charge in [-0.2, -0.15) is 18.4 Å². The van der Waals surface area contributed by atoms with Gasteiger partial charge in [0, 0.05) is 47.3 Å². The lowest BCUT2D eigenvalue weighted by Gasteiger charge is -2.24. The minimum Gasteiger partial charge on any atom is -0.444 e. The average Bonchev–Trinajstić information content (AvgIpc) is 3.45. The van der Waals surface area contributed by atoms with Crippen molar-refractivity contribution in [2.45, 2.75) is 45.4 Å². The van der Waals surface area contributed by atoms with Crippen LogP contribution in [0.25, 0.3) is 33.1 Å². The van der Waals surface area contributed by atoms with Gasteiger partial charge in [0.2, 0.25) is 5.82 Å². The second kappa shape index (κ2) is 12.4. The molecule has 0 aliphatic rings. The molecule has 3 aromatic heterocycles. The van der Waals surface area contributed by atoms with Crippen LogP contribution in [0.5, 0.6) is 0 Å². The fourth-order valence-electron chi connectivity index (χ4n) is 4.01. The lowest BCUT2D eigenvalue weighted by atomic mass is 10.0. The van der Waals surface area contributed by atoms with E-state index >= 15 is 0 Å². The number of nitrogens with one attached hydrogen (secondary N) is 2. The zero-order valence-corrected chi connectivity index (χ0v) is 22.7. The molecule has 0 saturated heterocycles. The quantitative estimate of drug-likeness (QED) is 0.210. The predicted octanol–water partition coefficient (Wildman–Crippen LogP) is 4.18. The van der Waals surface area contributed by atoms with Gasteiger partial charge in [0.15, 0.2) is 0 Å². The molecule has 0 atom stereocenters. The highest BCUT2D eigenvalue weighted by Crippen LogP contribution is 2.34. The largest absolute Gasteiger partial charge is 0.471 e. The Hall–Kier alpha value is -4.40. The summed E-state index contributed by atoms with van der Waals surface area (Å²) in [4.78, 5) is 33.4. The number of alkyl halides is 3. The molecule has 0 aliphatic carbocycles. The number of ether oxygens (including phenoxy) is 2. The summed E-state index contributed by atoms with van der Waals surface area (Å²) >= 11 is 0. The van der Waals surface area contributed by atoms with Crippen LogP contribution in [0.15, 0.2) is 36.7 Å². The second-order valence-electron chi connectivity index (χ2n) is 10.0. The summed E-state index contributed by atoms with van der Waals surface area (Å²) in [5.74, 6) is -1.96. The molecule has 1 aromatic carbocycles. The number of nitrogens with zero attached hydrogens (tertiary/aromatic N) is 6. The number of hydrogen-bond donors (Lipinski definition) is 2. The number of unbranched alkanes of at least 4 members (excludes halogenated alkanes) is 1. The highest BCUT2D eigenvalue weighted by Gasteiger charge is 2.44. The Labute approximate surface area is 232 Å². The number of aromatic nitrogens is 6. The maximum absolute atomic E-state index is 13.7. The lowest BCUT2D eigenvalue weighted by Crippen LogP contribution is -2.43. The van der Waals surface area contributed by atoms with Gasteiger partial charge in [0.25, 0.3) is 0 Å². The van der Waals surface area contributed by atoms with Crippen molar-refractivity contribution >= 4 is 39.5 Å². The standard InChI is InChI=1S/C26H29F3N8O4/c1-25(2,3)41-24(39)31-9-4-5-12-40-13-11-37(23(38)26(27,28)29)22-18-8-10-30-15-19(18)17-7-6-16(14-20(17)32-22)21-33-35-36-34-21/h6-8,10,14-15H,4-5,9,11-13H2,1-3H3,(H,31,39)(H,33,34,35,36). The van der Waals surface area contributed by atoms with Gasteiger partial charge < -0.3 is 14.8 Å². The first kappa shape index (κ1) is 29.6. The van der Waals surface area contributed by atoms with E-state index < -0.39 is 30.3 Å². The summed E-state index contributed by atoms with van der Waals surface area (Å²) in [5, 5.41) is 17.8. The van der Waals surface area contributed by atoms with Crippen molar-refractivity contribution in [3.63, 3.8) is 0 Å². The SMILES string of the molecule is CC(C)(C)OC(=O)NCCCCOCCN(C(=O)C(F)(F)F)c1nc2cc(-c3nn[nH]n3)ccc2c2cnccc12. The van der Waals surface area contributed by atoms with Gasteiger partial charge in [0.05, 0.1) is 18.7 Å². The van der Waals surface area contributed by atoms with Crippen LogP contribution >= 0.6 is 0 Å². The predicted molar refractivity (Wildman–Crippen MR) is 143 cm³/mol. The molecule has 15 heteroatoms. The number of halogens is 3. The van der Waals surface area contributed by atoms with Crippen LogP contribution < -0.4 is 10.2 Å². The molecular formula is C26H29F3N8O4. The summed E-state index contributed by atoms with van der Waals surface area (Å²) in [6, 6.07) is 6.59. The number of rotatable bonds is 10. The van der Waals surface area contributed by atoms with Crippen molar-refractivity contribution in [2.24, 2.45) is 0 Å². The molecule has 4 rings (SSSR count). The minimum absolute atomic E-state index is 0.170. The fraction of sp³-hybridized carbons (Fsp3) is 0.423. The average molecular weight is 575 g/mol. The Balaban J connectivity index is 1.49. The summed E-state index contributed by atoms with van der Waals surface area (Å²) in [5.41, 5.74) is 0.248. The summed E-state index contributed by atoms with van der Waals surface area (Å²) in [6.45, 7) is 5.28. The van der Waals surface area contributed by atoms with Crippen molar-refractivity contribution in [2.75, 3.05) is 31.2 Å². The van der Waals surface area contributed by atoms with Crippen LogP contribution in [0.4, 0.5) is 23.8 Å². The number of aromatic amines is 1. The molecule has 218 valence electrons. The minimum atomic E-state index is -5.14. The smallest absolute Gasteiger partial charge is 0.444 e. The number of hydrogen-bond acceptors (Lipinski definition) is 9. The second-order valence-corrected chi connectivity index (χ2v) is 10.0. The van der Waals surface area contributed by atoms with Gasteiger partial charge >= 0.3 is 18.2 Å². The number of pyridine rings is 2. The van der Waals surface area contributed by atoms with Crippen LogP contribution in [-0.4, -0.2) is 80.7 Å². The summed E-state index contributed by atoms with van der Waals surface area (Å²) in [6.07, 6.45) is -1.65. The monoisotopic (exact) mass is 574 g/mol. The molecule has 3 heterocycles. The third kappa shape index (κ3) is 7.63. The molecule has 2 N–H and O–H groups in total. The van der Waals surface area contributed by atoms with E-state index in [4.69, 9.17) is 9.47 Å². The Kier molecular flexibility index (Phi) is 8.95. The normalized spacial score (nSPS) is 12.0. The first-order valence-corrected chi connectivity index (χ1v) is 12.8. The van der Waals surface area contributed by atoms with Crippen LogP contribution in [0.1, 0.15) is 33.6 Å². The third-order valence-corrected chi connectivity index (χ3v) is 5.77. The molecule has 12 nitrogen and oxygen atoms in total. The molecule has 0 saturated carbocycles. The van der Waals surface area contributed by atoms with Gasteiger partial charge in [-0.25, -0.2) is 9.78 Å². The zero-order chi connectivity index (χ0) is 29.6. The lowest BCUT2D eigenvalue weighted by molar-refractivity contribution is -0.170. The molecular weight excluding hydrogens is 545 g/mol. The molecule has 0 bridgehead atoms. The number of amides is 2. The molecule has 41 heavy (non-hydrogen) atoms. The summed E-state index contributed by atoms with van der Waals surface area (Å²) in [7, 11) is 0. The molecule has 4 aromatic rings. The maximum atomic E-state index is 13.7. The number of carbonyl (C=O) groups excluding carboxylic acids is 2. The Morgan fingerprint density at radius 2 is 1.85 bits per heavy atom. The van der Waals surface area contributed by atoms with Crippen LogP contribution in [0.3, 0.4) is 0 Å². The van der Waals surface area contributed by atoms with Crippen molar-refractivity contribution in [3.05, 3.63) is 36.7 Å². The van der Waals surface area contributed by atoms with Crippen molar-refractivity contribution in [3.8, 4) is 11.4 Å². The van der Waals surface area contributed by atoms with Gasteiger partial charge in [-0.3, -0.25) is 14.7 Å². The van der Waals surface area contributed by atoms with Crippen molar-refractivity contribution in [1.82, 2.24) is 35.9 Å². The van der Waals surface area contributed by atoms with Gasteiger partial charge in [-0.1, -0.05) is 12.1 Å². The van der Waals surface area contributed by atoms with E-state index in [1.807, 2.05) is 0 Å². The fourth-order valence-corrected chi connectivity index (χ4v) is 4.01. The molecule has 0 fully saturated rings. The number of anilines is 1. The van der Waals surface area contributed by atoms with Crippen molar-refractivity contribution < 1.29 is 32.2 Å². The zero-order valence-electron chi connectivity index (χ0n) is 22.7. The van der Waals surface area contributed by atoms with Crippen LogP contribution in [0.2, 0.25) is 0 Å². The molecule has 2 amide bonds. The van der Waals surface area contributed by atoms with Crippen LogP contribution in [-0.2, 0) is 14.3 Å². The van der Waals surface area contributed by atoms with Gasteiger partial charge in [-0.05, 0) is 51.0 Å². The Morgan fingerprint density at radius 3 is 2.56 bits per heavy atom. The first-order valence-electron chi connectivity index (χ1n) is 12.8. The molecule has 0 radical (unpaired) electrons. The van der Waals surface area contributed by atoms with E-state index in [-0.39, 0.29) is 24.9 Å². The van der Waals surface area contributed by atoms with E-state index in [1.165, 1.54) is 18.5 Å². The number of fused-ring (bicyclic) bond motifs is 3. The molecule has 0 unspecified atom stereocenters. The van der Waals surface area contributed by atoms with Crippen LogP contribution in [0, 0.1) is 0 Å². The van der Waals surface area contributed by atoms with E-state index in [1.54, 1.807) is 39.0 Å². The summed E-state index contributed by atoms with van der Waals surface area (Å²) < 4.78 is 51.7. The van der Waals surface area contributed by atoms with Gasteiger partial charge in [0.1, 0.15) is 11.4 Å². The van der Waals surface area contributed by atoms with E-state index in [0.29, 0.717) is 51.5 Å². The van der Waals surface area contributed by atoms with E-state index in [2.05, 4.69) is 35.9 Å². The highest BCUT2D eigenvalue weighted by atomic mass is 19.4. The number of tetrazole rings is 1. The third-order valence-electron chi connectivity index (χ3n) is 5.77. The number of carbonyl (C=O) groups is 2. The van der Waals surface area contributed by atoms with E-state index in [0.717, 1.165) is 0 Å². The Bertz CT molecular complexity index is 1510. The van der Waals surface area contributed by atoms with E-state index in [9.17, 15) is 22.8 Å². The maximum Gasteiger partial charge on any atom is 0.471 e.